The predicted molar refractivity (Wildman–Crippen MR) is 105 cm³/mol. The van der Waals surface area contributed by atoms with Gasteiger partial charge in [0.25, 0.3) is 5.56 Å². The van der Waals surface area contributed by atoms with Crippen molar-refractivity contribution in [2.24, 2.45) is 0 Å². The SMILES string of the molecule is O=c1c(Cl)c(OCc2ccc(F)cc2F)ncn1Cc1cccc2c1CCNC2. The summed E-state index contributed by atoms with van der Waals surface area (Å²) in [5.41, 5.74) is 3.20. The lowest BCUT2D eigenvalue weighted by atomic mass is 9.95. The Labute approximate surface area is 170 Å². The number of halogens is 3. The Morgan fingerprint density at radius 3 is 2.90 bits per heavy atom. The Morgan fingerprint density at radius 2 is 2.07 bits per heavy atom. The summed E-state index contributed by atoms with van der Waals surface area (Å²) in [4.78, 5) is 16.8. The van der Waals surface area contributed by atoms with Gasteiger partial charge in [-0.05, 0) is 41.8 Å². The number of rotatable bonds is 5. The van der Waals surface area contributed by atoms with E-state index < -0.39 is 17.2 Å². The van der Waals surface area contributed by atoms with Crippen LogP contribution in [-0.4, -0.2) is 16.1 Å². The van der Waals surface area contributed by atoms with E-state index in [9.17, 15) is 13.6 Å². The summed E-state index contributed by atoms with van der Waals surface area (Å²) in [5, 5.41) is 3.15. The lowest BCUT2D eigenvalue weighted by Crippen LogP contribution is -2.27. The van der Waals surface area contributed by atoms with E-state index in [-0.39, 0.29) is 23.1 Å². The molecule has 0 atom stereocenters. The summed E-state index contributed by atoms with van der Waals surface area (Å²) in [5.74, 6) is -1.50. The van der Waals surface area contributed by atoms with Gasteiger partial charge in [-0.1, -0.05) is 29.8 Å². The van der Waals surface area contributed by atoms with Gasteiger partial charge in [0.15, 0.2) is 5.02 Å². The molecule has 0 radical (unpaired) electrons. The third-order valence-electron chi connectivity index (χ3n) is 4.91. The summed E-state index contributed by atoms with van der Waals surface area (Å²) in [6.45, 7) is 1.83. The Hall–Kier alpha value is -2.77. The van der Waals surface area contributed by atoms with Crippen LogP contribution in [-0.2, 0) is 26.1 Å². The van der Waals surface area contributed by atoms with Crippen molar-refractivity contribution >= 4 is 11.6 Å². The molecule has 150 valence electrons. The van der Waals surface area contributed by atoms with Crippen LogP contribution in [0, 0.1) is 11.6 Å². The van der Waals surface area contributed by atoms with Gasteiger partial charge >= 0.3 is 0 Å². The summed E-state index contributed by atoms with van der Waals surface area (Å²) in [6.07, 6.45) is 2.26. The highest BCUT2D eigenvalue weighted by Gasteiger charge is 2.16. The number of benzene rings is 2. The van der Waals surface area contributed by atoms with Gasteiger partial charge in [-0.15, -0.1) is 0 Å². The molecule has 0 saturated heterocycles. The fourth-order valence-electron chi connectivity index (χ4n) is 3.39. The number of nitrogens with one attached hydrogen (secondary N) is 1. The first-order valence-electron chi connectivity index (χ1n) is 9.15. The largest absolute Gasteiger partial charge is 0.471 e. The smallest absolute Gasteiger partial charge is 0.276 e. The maximum Gasteiger partial charge on any atom is 0.276 e. The minimum absolute atomic E-state index is 0.0871. The highest BCUT2D eigenvalue weighted by Crippen LogP contribution is 2.22. The summed E-state index contributed by atoms with van der Waals surface area (Å²) in [6, 6.07) is 9.20. The van der Waals surface area contributed by atoms with Crippen LogP contribution in [0.25, 0.3) is 0 Å². The monoisotopic (exact) mass is 417 g/mol. The van der Waals surface area contributed by atoms with Gasteiger partial charge in [0.1, 0.15) is 24.6 Å². The van der Waals surface area contributed by atoms with Crippen LogP contribution in [0.1, 0.15) is 22.3 Å². The molecule has 0 aliphatic carbocycles. The lowest BCUT2D eigenvalue weighted by molar-refractivity contribution is 0.286. The molecule has 5 nitrogen and oxygen atoms in total. The molecule has 2 aromatic carbocycles. The molecule has 29 heavy (non-hydrogen) atoms. The first-order valence-corrected chi connectivity index (χ1v) is 9.53. The molecule has 1 N–H and O–H groups in total. The van der Waals surface area contributed by atoms with Crippen molar-refractivity contribution in [2.75, 3.05) is 6.54 Å². The van der Waals surface area contributed by atoms with E-state index in [2.05, 4.69) is 16.4 Å². The first kappa shape index (κ1) is 19.5. The molecule has 0 saturated carbocycles. The normalized spacial score (nSPS) is 13.2. The van der Waals surface area contributed by atoms with E-state index >= 15 is 0 Å². The van der Waals surface area contributed by atoms with Crippen molar-refractivity contribution in [3.63, 3.8) is 0 Å². The Balaban J connectivity index is 1.54. The van der Waals surface area contributed by atoms with E-state index in [1.807, 2.05) is 12.1 Å². The van der Waals surface area contributed by atoms with Crippen LogP contribution in [0.2, 0.25) is 5.02 Å². The highest BCUT2D eigenvalue weighted by molar-refractivity contribution is 6.31. The average Bonchev–Trinajstić information content (AvgIpc) is 2.72. The molecule has 4 rings (SSSR count). The number of hydrogen-bond acceptors (Lipinski definition) is 4. The van der Waals surface area contributed by atoms with E-state index in [0.29, 0.717) is 6.54 Å². The van der Waals surface area contributed by atoms with E-state index in [1.54, 1.807) is 0 Å². The van der Waals surface area contributed by atoms with Crippen LogP contribution in [0.4, 0.5) is 8.78 Å². The zero-order valence-electron chi connectivity index (χ0n) is 15.4. The van der Waals surface area contributed by atoms with Gasteiger partial charge < -0.3 is 10.1 Å². The van der Waals surface area contributed by atoms with Crippen molar-refractivity contribution in [2.45, 2.75) is 26.1 Å². The van der Waals surface area contributed by atoms with Gasteiger partial charge in [-0.2, -0.15) is 0 Å². The molecule has 0 amide bonds. The zero-order valence-corrected chi connectivity index (χ0v) is 16.2. The summed E-state index contributed by atoms with van der Waals surface area (Å²) < 4.78 is 33.5. The minimum atomic E-state index is -0.738. The van der Waals surface area contributed by atoms with Crippen LogP contribution < -0.4 is 15.6 Å². The maximum atomic E-state index is 13.7. The fraction of sp³-hybridized carbons (Fsp3) is 0.238. The van der Waals surface area contributed by atoms with Crippen LogP contribution in [0.5, 0.6) is 5.88 Å². The second-order valence-electron chi connectivity index (χ2n) is 6.80. The molecule has 1 aromatic heterocycles. The van der Waals surface area contributed by atoms with Crippen LogP contribution in [0.3, 0.4) is 0 Å². The molecule has 0 fully saturated rings. The van der Waals surface area contributed by atoms with Crippen molar-refractivity contribution < 1.29 is 13.5 Å². The van der Waals surface area contributed by atoms with Gasteiger partial charge in [0.05, 0.1) is 6.54 Å². The molecule has 2 heterocycles. The molecule has 0 bridgehead atoms. The Bertz CT molecular complexity index is 1120. The number of nitrogens with zero attached hydrogens (tertiary/aromatic N) is 2. The van der Waals surface area contributed by atoms with Crippen LogP contribution >= 0.6 is 11.6 Å². The van der Waals surface area contributed by atoms with E-state index in [1.165, 1.54) is 28.1 Å². The number of hydrogen-bond donors (Lipinski definition) is 1. The third-order valence-corrected chi connectivity index (χ3v) is 5.23. The lowest BCUT2D eigenvalue weighted by Gasteiger charge is -2.20. The quantitative estimate of drug-likeness (QED) is 0.691. The summed E-state index contributed by atoms with van der Waals surface area (Å²) in [7, 11) is 0. The molecule has 0 unspecified atom stereocenters. The number of ether oxygens (including phenoxy) is 1. The van der Waals surface area contributed by atoms with Gasteiger partial charge in [0.2, 0.25) is 5.88 Å². The predicted octanol–water partition coefficient (Wildman–Crippen LogP) is 3.45. The first-order chi connectivity index (χ1) is 14.0. The zero-order chi connectivity index (χ0) is 20.4. The van der Waals surface area contributed by atoms with Crippen LogP contribution in [0.15, 0.2) is 47.5 Å². The second-order valence-corrected chi connectivity index (χ2v) is 7.18. The van der Waals surface area contributed by atoms with Crippen molar-refractivity contribution in [3.05, 3.63) is 92.0 Å². The summed E-state index contributed by atoms with van der Waals surface area (Å²) >= 11 is 6.15. The van der Waals surface area contributed by atoms with Gasteiger partial charge in [-0.3, -0.25) is 9.36 Å². The average molecular weight is 418 g/mol. The third kappa shape index (κ3) is 4.16. The second kappa shape index (κ2) is 8.31. The molecular weight excluding hydrogens is 400 g/mol. The standard InChI is InChI=1S/C21H18ClF2N3O2/c22-19-20(29-11-15-4-5-16(23)8-18(15)24)26-12-27(21(19)28)10-14-3-1-2-13-9-25-7-6-17(13)14/h1-5,8,12,25H,6-7,9-11H2. The number of aromatic nitrogens is 2. The molecule has 3 aromatic rings. The number of fused-ring (bicyclic) bond motifs is 1. The minimum Gasteiger partial charge on any atom is -0.471 e. The van der Waals surface area contributed by atoms with Crippen molar-refractivity contribution in [3.8, 4) is 5.88 Å². The fourth-order valence-corrected chi connectivity index (χ4v) is 3.60. The molecule has 1 aliphatic heterocycles. The topological polar surface area (TPSA) is 56.1 Å². The van der Waals surface area contributed by atoms with E-state index in [0.717, 1.165) is 37.2 Å². The molecule has 0 spiro atoms. The highest BCUT2D eigenvalue weighted by atomic mass is 35.5. The molecule has 1 aliphatic rings. The maximum absolute atomic E-state index is 13.7. The van der Waals surface area contributed by atoms with Gasteiger partial charge in [-0.25, -0.2) is 13.8 Å². The van der Waals surface area contributed by atoms with E-state index in [4.69, 9.17) is 16.3 Å². The van der Waals surface area contributed by atoms with Crippen molar-refractivity contribution in [1.82, 2.24) is 14.9 Å². The Morgan fingerprint density at radius 1 is 1.21 bits per heavy atom. The van der Waals surface area contributed by atoms with Crippen molar-refractivity contribution in [1.29, 1.82) is 0 Å². The Kier molecular flexibility index (Phi) is 5.60. The molecule has 8 heteroatoms. The van der Waals surface area contributed by atoms with Gasteiger partial charge in [0, 0.05) is 18.2 Å². The molecular formula is C21H18ClF2N3O2.